The van der Waals surface area contributed by atoms with Crippen molar-refractivity contribution in [1.82, 2.24) is 24.8 Å². The Labute approximate surface area is 213 Å². The average molecular weight is 512 g/mol. The van der Waals surface area contributed by atoms with Crippen molar-refractivity contribution < 1.29 is 13.9 Å². The zero-order valence-electron chi connectivity index (χ0n) is 19.9. The Morgan fingerprint density at radius 3 is 2.89 bits per heavy atom. The minimum Gasteiger partial charge on any atom is -0.379 e. The van der Waals surface area contributed by atoms with Crippen LogP contribution in [-0.4, -0.2) is 64.3 Å². The number of fused-ring (bicyclic) bond motifs is 1. The van der Waals surface area contributed by atoms with Crippen molar-refractivity contribution in [2.24, 2.45) is 0 Å². The summed E-state index contributed by atoms with van der Waals surface area (Å²) in [6, 6.07) is 6.34. The number of benzene rings is 1. The molecule has 188 valence electrons. The molecule has 9 nitrogen and oxygen atoms in total. The number of nitrogens with one attached hydrogen (secondary N) is 3. The number of carbonyl (C=O) groups excluding carboxylic acids is 1. The summed E-state index contributed by atoms with van der Waals surface area (Å²) in [6.07, 6.45) is 3.77. The molecule has 0 spiro atoms. The third kappa shape index (κ3) is 5.20. The number of halogens is 2. The normalized spacial score (nSPS) is 18.6. The van der Waals surface area contributed by atoms with Gasteiger partial charge in [-0.05, 0) is 36.8 Å². The highest BCUT2D eigenvalue weighted by Crippen LogP contribution is 2.28. The van der Waals surface area contributed by atoms with Crippen LogP contribution < -0.4 is 16.0 Å². The molecule has 0 aliphatic carbocycles. The minimum atomic E-state index is -0.445. The fourth-order valence-corrected chi connectivity index (χ4v) is 4.47. The smallest absolute Gasteiger partial charge is 0.228 e. The second-order valence-corrected chi connectivity index (χ2v) is 9.30. The molecular formula is C25H27ClFN7O2. The first-order chi connectivity index (χ1) is 17.4. The first kappa shape index (κ1) is 24.2. The van der Waals surface area contributed by atoms with Crippen LogP contribution in [0.2, 0.25) is 5.02 Å². The molecule has 2 saturated heterocycles. The van der Waals surface area contributed by atoms with Crippen LogP contribution in [0.5, 0.6) is 0 Å². The van der Waals surface area contributed by atoms with Crippen LogP contribution in [0.4, 0.5) is 21.7 Å². The lowest BCUT2D eigenvalue weighted by Crippen LogP contribution is -2.45. The van der Waals surface area contributed by atoms with Gasteiger partial charge >= 0.3 is 0 Å². The average Bonchev–Trinajstić information content (AvgIpc) is 3.42. The van der Waals surface area contributed by atoms with Gasteiger partial charge in [0.05, 0.1) is 31.5 Å². The van der Waals surface area contributed by atoms with Crippen molar-refractivity contribution in [2.45, 2.75) is 19.4 Å². The Morgan fingerprint density at radius 1 is 1.33 bits per heavy atom. The van der Waals surface area contributed by atoms with Crippen LogP contribution in [0.15, 0.2) is 48.3 Å². The van der Waals surface area contributed by atoms with Crippen molar-refractivity contribution >= 4 is 46.6 Å². The van der Waals surface area contributed by atoms with Crippen molar-refractivity contribution in [3.63, 3.8) is 0 Å². The van der Waals surface area contributed by atoms with E-state index >= 15 is 0 Å². The SMILES string of the molecule is C=C1NC(=O)C/C1=C\c1cnn2c(NCC(C)N3CCOCC3)cc(Nc3cc(Cl)ccc3F)nc12. The summed E-state index contributed by atoms with van der Waals surface area (Å²) in [5.74, 6) is 0.562. The maximum atomic E-state index is 14.4. The maximum Gasteiger partial charge on any atom is 0.228 e. The van der Waals surface area contributed by atoms with Gasteiger partial charge in [0.2, 0.25) is 5.91 Å². The monoisotopic (exact) mass is 511 g/mol. The molecular weight excluding hydrogens is 485 g/mol. The van der Waals surface area contributed by atoms with E-state index in [0.717, 1.165) is 31.9 Å². The lowest BCUT2D eigenvalue weighted by Gasteiger charge is -2.32. The summed E-state index contributed by atoms with van der Waals surface area (Å²) in [7, 11) is 0. The van der Waals surface area contributed by atoms with Gasteiger partial charge < -0.3 is 20.7 Å². The Bertz CT molecular complexity index is 1350. The molecule has 3 aromatic rings. The van der Waals surface area contributed by atoms with Gasteiger partial charge in [-0.2, -0.15) is 9.61 Å². The van der Waals surface area contributed by atoms with E-state index in [1.54, 1.807) is 16.8 Å². The standard InChI is InChI=1S/C25H27ClFN7O2/c1-15(33-5-7-36-8-6-33)13-28-23-12-22(31-21-11-19(26)3-4-20(21)27)32-25-18(14-29-34(23)25)9-17-10-24(35)30-16(17)2/h3-4,9,11-12,14-15,28H,2,5-8,10,13H2,1H3,(H,30,35)(H,31,32)/b17-9+. The summed E-state index contributed by atoms with van der Waals surface area (Å²) in [4.78, 5) is 18.8. The Kier molecular flexibility index (Phi) is 6.90. The van der Waals surface area contributed by atoms with Gasteiger partial charge in [-0.15, -0.1) is 0 Å². The number of allylic oxidation sites excluding steroid dienone is 1. The highest BCUT2D eigenvalue weighted by atomic mass is 35.5. The maximum absolute atomic E-state index is 14.4. The van der Waals surface area contributed by atoms with Gasteiger partial charge in [-0.25, -0.2) is 9.37 Å². The van der Waals surface area contributed by atoms with Gasteiger partial charge in [-0.1, -0.05) is 18.2 Å². The zero-order valence-corrected chi connectivity index (χ0v) is 20.6. The second-order valence-electron chi connectivity index (χ2n) is 8.86. The van der Waals surface area contributed by atoms with E-state index in [1.807, 2.05) is 6.08 Å². The van der Waals surface area contributed by atoms with Gasteiger partial charge in [-0.3, -0.25) is 9.69 Å². The molecule has 11 heteroatoms. The van der Waals surface area contributed by atoms with E-state index in [-0.39, 0.29) is 24.1 Å². The number of amides is 1. The molecule has 1 amide bonds. The number of morpholine rings is 1. The third-order valence-electron chi connectivity index (χ3n) is 6.30. The molecule has 0 saturated carbocycles. The molecule has 2 aromatic heterocycles. The topological polar surface area (TPSA) is 95.8 Å². The number of nitrogens with zero attached hydrogens (tertiary/aromatic N) is 4. The van der Waals surface area contributed by atoms with Crippen LogP contribution in [0.1, 0.15) is 18.9 Å². The molecule has 1 unspecified atom stereocenters. The summed E-state index contributed by atoms with van der Waals surface area (Å²) in [5, 5.41) is 14.2. The van der Waals surface area contributed by atoms with Crippen LogP contribution in [0, 0.1) is 5.82 Å². The molecule has 4 heterocycles. The van der Waals surface area contributed by atoms with Crippen LogP contribution in [-0.2, 0) is 9.53 Å². The van der Waals surface area contributed by atoms with Crippen LogP contribution in [0.25, 0.3) is 11.7 Å². The minimum absolute atomic E-state index is 0.103. The zero-order chi connectivity index (χ0) is 25.2. The molecule has 0 radical (unpaired) electrons. The molecule has 1 aromatic carbocycles. The number of aromatic nitrogens is 3. The lowest BCUT2D eigenvalue weighted by atomic mass is 10.1. The fourth-order valence-electron chi connectivity index (χ4n) is 4.30. The number of hydrogen-bond acceptors (Lipinski definition) is 7. The summed E-state index contributed by atoms with van der Waals surface area (Å²) in [6.45, 7) is 9.94. The molecule has 2 fully saturated rings. The lowest BCUT2D eigenvalue weighted by molar-refractivity contribution is -0.118. The van der Waals surface area contributed by atoms with Crippen molar-refractivity contribution in [1.29, 1.82) is 0 Å². The molecule has 5 rings (SSSR count). The molecule has 1 atom stereocenters. The number of anilines is 3. The van der Waals surface area contributed by atoms with E-state index < -0.39 is 5.82 Å². The van der Waals surface area contributed by atoms with Gasteiger partial charge in [0.1, 0.15) is 17.5 Å². The quantitative estimate of drug-likeness (QED) is 0.444. The predicted octanol–water partition coefficient (Wildman–Crippen LogP) is 3.82. The molecule has 2 aliphatic rings. The second kappa shape index (κ2) is 10.3. The van der Waals surface area contributed by atoms with E-state index in [9.17, 15) is 9.18 Å². The number of ether oxygens (including phenoxy) is 1. The molecule has 0 bridgehead atoms. The van der Waals surface area contributed by atoms with Crippen LogP contribution in [0.3, 0.4) is 0 Å². The highest BCUT2D eigenvalue weighted by Gasteiger charge is 2.21. The largest absolute Gasteiger partial charge is 0.379 e. The third-order valence-corrected chi connectivity index (χ3v) is 6.53. The van der Waals surface area contributed by atoms with E-state index in [2.05, 4.69) is 39.5 Å². The molecule has 3 N–H and O–H groups in total. The summed E-state index contributed by atoms with van der Waals surface area (Å²) >= 11 is 6.08. The first-order valence-electron chi connectivity index (χ1n) is 11.7. The Hall–Kier alpha value is -3.47. The van der Waals surface area contributed by atoms with Gasteiger partial charge in [0.15, 0.2) is 5.65 Å². The number of rotatable bonds is 7. The van der Waals surface area contributed by atoms with Gasteiger partial charge in [0, 0.05) is 48.0 Å². The van der Waals surface area contributed by atoms with Crippen LogP contribution >= 0.6 is 11.6 Å². The fraction of sp³-hybridized carbons (Fsp3) is 0.320. The van der Waals surface area contributed by atoms with Gasteiger partial charge in [0.25, 0.3) is 0 Å². The number of hydrogen-bond donors (Lipinski definition) is 3. The predicted molar refractivity (Wildman–Crippen MR) is 138 cm³/mol. The number of carbonyl (C=O) groups is 1. The van der Waals surface area contributed by atoms with Crippen molar-refractivity contribution in [3.05, 3.63) is 64.7 Å². The van der Waals surface area contributed by atoms with E-state index in [1.165, 1.54) is 18.2 Å². The van der Waals surface area contributed by atoms with E-state index in [0.29, 0.717) is 40.1 Å². The van der Waals surface area contributed by atoms with Crippen molar-refractivity contribution in [2.75, 3.05) is 43.5 Å². The summed E-state index contributed by atoms with van der Waals surface area (Å²) < 4.78 is 21.6. The first-order valence-corrected chi connectivity index (χ1v) is 12.1. The van der Waals surface area contributed by atoms with Crippen molar-refractivity contribution in [3.8, 4) is 0 Å². The molecule has 2 aliphatic heterocycles. The van der Waals surface area contributed by atoms with E-state index in [4.69, 9.17) is 21.3 Å². The Morgan fingerprint density at radius 2 is 2.14 bits per heavy atom. The highest BCUT2D eigenvalue weighted by molar-refractivity contribution is 6.30. The molecule has 36 heavy (non-hydrogen) atoms. The Balaban J connectivity index is 1.49. The summed E-state index contributed by atoms with van der Waals surface area (Å²) in [5.41, 5.74) is 2.80.